The van der Waals surface area contributed by atoms with Gasteiger partial charge in [-0.1, -0.05) is 57.4 Å². The van der Waals surface area contributed by atoms with Gasteiger partial charge < -0.3 is 5.32 Å². The molecule has 1 N–H and O–H groups in total. The Bertz CT molecular complexity index is 429. The largest absolute Gasteiger partial charge is 0.307 e. The predicted octanol–water partition coefficient (Wildman–Crippen LogP) is 4.62. The van der Waals surface area contributed by atoms with Gasteiger partial charge in [0.15, 0.2) is 0 Å². The monoisotopic (exact) mass is 257 g/mol. The van der Waals surface area contributed by atoms with Crippen molar-refractivity contribution >= 4 is 0 Å². The van der Waals surface area contributed by atoms with Gasteiger partial charge in [-0.15, -0.1) is 0 Å². The van der Waals surface area contributed by atoms with Crippen molar-refractivity contribution < 1.29 is 0 Å². The lowest BCUT2D eigenvalue weighted by molar-refractivity contribution is 0.180. The zero-order valence-corrected chi connectivity index (χ0v) is 12.4. The van der Waals surface area contributed by atoms with Gasteiger partial charge in [0.1, 0.15) is 0 Å². The van der Waals surface area contributed by atoms with Crippen LogP contribution in [-0.2, 0) is 6.42 Å². The van der Waals surface area contributed by atoms with Gasteiger partial charge in [-0.05, 0) is 42.2 Å². The second-order valence-corrected chi connectivity index (χ2v) is 7.12. The maximum Gasteiger partial charge on any atom is 0.0376 e. The predicted molar refractivity (Wildman–Crippen MR) is 81.3 cm³/mol. The molecule has 2 aliphatic carbocycles. The molecular formula is C18H27N. The van der Waals surface area contributed by atoms with Crippen molar-refractivity contribution in [1.82, 2.24) is 5.32 Å². The molecule has 0 spiro atoms. The van der Waals surface area contributed by atoms with Crippen LogP contribution in [0.25, 0.3) is 0 Å². The number of rotatable bonds is 2. The number of nitrogens with one attached hydrogen (secondary N) is 1. The number of hydrogen-bond donors (Lipinski definition) is 1. The van der Waals surface area contributed by atoms with Crippen LogP contribution in [0.2, 0.25) is 0 Å². The Morgan fingerprint density at radius 3 is 2.58 bits per heavy atom. The van der Waals surface area contributed by atoms with Crippen molar-refractivity contribution in [2.75, 3.05) is 0 Å². The fourth-order valence-corrected chi connectivity index (χ4v) is 3.89. The maximum absolute atomic E-state index is 4.00. The second-order valence-electron chi connectivity index (χ2n) is 7.12. The molecule has 0 bridgehead atoms. The summed E-state index contributed by atoms with van der Waals surface area (Å²) < 4.78 is 0. The first-order valence-corrected chi connectivity index (χ1v) is 8.01. The van der Waals surface area contributed by atoms with Crippen LogP contribution in [-0.4, -0.2) is 6.04 Å². The average Bonchev–Trinajstić information content (AvgIpc) is 2.43. The number of aryl methyl sites for hydroxylation is 1. The number of fused-ring (bicyclic) bond motifs is 1. The highest BCUT2D eigenvalue weighted by Gasteiger charge is 2.36. The molecule has 0 radical (unpaired) electrons. The van der Waals surface area contributed by atoms with Crippen LogP contribution in [0.15, 0.2) is 24.3 Å². The summed E-state index contributed by atoms with van der Waals surface area (Å²) >= 11 is 0. The summed E-state index contributed by atoms with van der Waals surface area (Å²) in [5, 5.41) is 4.00. The van der Waals surface area contributed by atoms with E-state index in [4.69, 9.17) is 0 Å². The summed E-state index contributed by atoms with van der Waals surface area (Å²) in [6, 6.07) is 10.3. The van der Waals surface area contributed by atoms with Gasteiger partial charge in [0, 0.05) is 12.1 Å². The molecule has 0 heterocycles. The van der Waals surface area contributed by atoms with Crippen molar-refractivity contribution in [3.8, 4) is 0 Å². The van der Waals surface area contributed by atoms with Gasteiger partial charge in [-0.25, -0.2) is 0 Å². The minimum absolute atomic E-state index is 0.381. The first-order chi connectivity index (χ1) is 9.17. The first kappa shape index (κ1) is 13.2. The van der Waals surface area contributed by atoms with Crippen LogP contribution >= 0.6 is 0 Å². The van der Waals surface area contributed by atoms with E-state index in [1.54, 1.807) is 11.1 Å². The summed E-state index contributed by atoms with van der Waals surface area (Å²) in [6.07, 6.45) is 9.53. The van der Waals surface area contributed by atoms with E-state index in [0.29, 0.717) is 11.5 Å². The summed E-state index contributed by atoms with van der Waals surface area (Å²) in [6.45, 7) is 4.87. The zero-order valence-electron chi connectivity index (χ0n) is 12.4. The van der Waals surface area contributed by atoms with Crippen molar-refractivity contribution in [3.05, 3.63) is 35.4 Å². The Morgan fingerprint density at radius 1 is 1.05 bits per heavy atom. The lowest BCUT2D eigenvalue weighted by atomic mass is 9.70. The van der Waals surface area contributed by atoms with Crippen molar-refractivity contribution in [1.29, 1.82) is 0 Å². The Morgan fingerprint density at radius 2 is 1.79 bits per heavy atom. The fraction of sp³-hybridized carbons (Fsp3) is 0.667. The molecule has 1 heteroatoms. The lowest BCUT2D eigenvalue weighted by Crippen LogP contribution is -2.43. The van der Waals surface area contributed by atoms with E-state index in [1.807, 2.05) is 0 Å². The highest BCUT2D eigenvalue weighted by atomic mass is 15.0. The molecule has 1 saturated carbocycles. The van der Waals surface area contributed by atoms with E-state index in [0.717, 1.165) is 6.04 Å². The van der Waals surface area contributed by atoms with Crippen LogP contribution in [0.5, 0.6) is 0 Å². The molecule has 1 nitrogen and oxygen atoms in total. The van der Waals surface area contributed by atoms with Gasteiger partial charge in [0.25, 0.3) is 0 Å². The third-order valence-electron chi connectivity index (χ3n) is 5.19. The van der Waals surface area contributed by atoms with Gasteiger partial charge in [-0.2, -0.15) is 0 Å². The second kappa shape index (κ2) is 5.28. The minimum Gasteiger partial charge on any atom is -0.307 e. The van der Waals surface area contributed by atoms with Gasteiger partial charge in [0.2, 0.25) is 0 Å². The summed E-state index contributed by atoms with van der Waals surface area (Å²) in [4.78, 5) is 0. The Labute approximate surface area is 117 Å². The Balaban J connectivity index is 1.84. The minimum atomic E-state index is 0.381. The Hall–Kier alpha value is -0.820. The van der Waals surface area contributed by atoms with E-state index < -0.39 is 0 Å². The molecule has 104 valence electrons. The third-order valence-corrected chi connectivity index (χ3v) is 5.19. The molecule has 0 aromatic heterocycles. The third kappa shape index (κ3) is 2.72. The zero-order chi connectivity index (χ0) is 13.3. The molecule has 1 aromatic rings. The van der Waals surface area contributed by atoms with E-state index >= 15 is 0 Å². The summed E-state index contributed by atoms with van der Waals surface area (Å²) in [5.74, 6) is 0. The lowest BCUT2D eigenvalue weighted by Gasteiger charge is -2.43. The van der Waals surface area contributed by atoms with Gasteiger partial charge in [0.05, 0.1) is 0 Å². The van der Waals surface area contributed by atoms with Crippen LogP contribution in [0.4, 0.5) is 0 Å². The molecule has 1 atom stereocenters. The average molecular weight is 257 g/mol. The standard InChI is InChI=1S/C18H27N/c1-18(2)13-12-14-8-6-7-11-16(14)17(18)19-15-9-4-3-5-10-15/h6-8,11,15,17,19H,3-5,9-10,12-13H2,1-2H3. The summed E-state index contributed by atoms with van der Waals surface area (Å²) in [7, 11) is 0. The molecular weight excluding hydrogens is 230 g/mol. The van der Waals surface area contributed by atoms with Gasteiger partial charge in [-0.3, -0.25) is 0 Å². The number of hydrogen-bond acceptors (Lipinski definition) is 1. The topological polar surface area (TPSA) is 12.0 Å². The SMILES string of the molecule is CC1(C)CCc2ccccc2C1NC1CCCCC1. The Kier molecular flexibility index (Phi) is 3.66. The van der Waals surface area contributed by atoms with Crippen LogP contribution in [0.1, 0.15) is 69.5 Å². The molecule has 0 amide bonds. The molecule has 1 fully saturated rings. The van der Waals surface area contributed by atoms with E-state index in [2.05, 4.69) is 43.4 Å². The van der Waals surface area contributed by atoms with Crippen molar-refractivity contribution in [2.24, 2.45) is 5.41 Å². The fourth-order valence-electron chi connectivity index (χ4n) is 3.89. The highest BCUT2D eigenvalue weighted by Crippen LogP contribution is 2.44. The van der Waals surface area contributed by atoms with Crippen molar-refractivity contribution in [2.45, 2.75) is 70.9 Å². The number of benzene rings is 1. The molecule has 2 aliphatic rings. The van der Waals surface area contributed by atoms with Crippen LogP contribution < -0.4 is 5.32 Å². The molecule has 0 aliphatic heterocycles. The van der Waals surface area contributed by atoms with Crippen LogP contribution in [0.3, 0.4) is 0 Å². The summed E-state index contributed by atoms with van der Waals surface area (Å²) in [5.41, 5.74) is 3.51. The van der Waals surface area contributed by atoms with E-state index in [-0.39, 0.29) is 0 Å². The first-order valence-electron chi connectivity index (χ1n) is 8.01. The maximum atomic E-state index is 4.00. The smallest absolute Gasteiger partial charge is 0.0376 e. The van der Waals surface area contributed by atoms with Gasteiger partial charge >= 0.3 is 0 Å². The normalized spacial score (nSPS) is 26.9. The van der Waals surface area contributed by atoms with Crippen LogP contribution in [0, 0.1) is 5.41 Å². The van der Waals surface area contributed by atoms with E-state index in [9.17, 15) is 0 Å². The molecule has 1 aromatic carbocycles. The van der Waals surface area contributed by atoms with Crippen molar-refractivity contribution in [3.63, 3.8) is 0 Å². The molecule has 3 rings (SSSR count). The highest BCUT2D eigenvalue weighted by molar-refractivity contribution is 5.34. The molecule has 1 unspecified atom stereocenters. The molecule has 0 saturated heterocycles. The van der Waals surface area contributed by atoms with E-state index in [1.165, 1.54) is 44.9 Å². The molecule has 19 heavy (non-hydrogen) atoms. The quantitative estimate of drug-likeness (QED) is 0.815.